The SMILES string of the molecule is NC(c1cncc(F)c1)C1CCCC1. The second kappa shape index (κ2) is 4.05. The van der Waals surface area contributed by atoms with Crippen LogP contribution in [-0.4, -0.2) is 4.98 Å². The molecule has 1 aromatic heterocycles. The van der Waals surface area contributed by atoms with Gasteiger partial charge in [-0.1, -0.05) is 12.8 Å². The number of rotatable bonds is 2. The van der Waals surface area contributed by atoms with Crippen LogP contribution in [0.5, 0.6) is 0 Å². The van der Waals surface area contributed by atoms with E-state index in [0.717, 1.165) is 18.4 Å². The van der Waals surface area contributed by atoms with Crippen LogP contribution in [-0.2, 0) is 0 Å². The molecule has 0 saturated heterocycles. The third-order valence-corrected chi connectivity index (χ3v) is 3.02. The zero-order valence-electron chi connectivity index (χ0n) is 8.12. The van der Waals surface area contributed by atoms with Gasteiger partial charge in [-0.25, -0.2) is 4.39 Å². The van der Waals surface area contributed by atoms with Gasteiger partial charge in [-0.3, -0.25) is 4.98 Å². The van der Waals surface area contributed by atoms with Crippen molar-refractivity contribution in [2.24, 2.45) is 11.7 Å². The molecule has 0 bridgehead atoms. The minimum Gasteiger partial charge on any atom is -0.324 e. The molecule has 0 aliphatic heterocycles. The molecule has 1 aliphatic carbocycles. The second-order valence-corrected chi connectivity index (χ2v) is 4.01. The molecule has 3 heteroatoms. The molecule has 0 spiro atoms. The van der Waals surface area contributed by atoms with Crippen molar-refractivity contribution >= 4 is 0 Å². The van der Waals surface area contributed by atoms with Gasteiger partial charge in [0.2, 0.25) is 0 Å². The lowest BCUT2D eigenvalue weighted by Crippen LogP contribution is -2.19. The molecule has 1 aromatic rings. The molecule has 1 heterocycles. The molecule has 2 rings (SSSR count). The topological polar surface area (TPSA) is 38.9 Å². The number of nitrogens with two attached hydrogens (primary N) is 1. The van der Waals surface area contributed by atoms with E-state index in [1.165, 1.54) is 25.1 Å². The summed E-state index contributed by atoms with van der Waals surface area (Å²) in [5.41, 5.74) is 6.89. The fourth-order valence-electron chi connectivity index (χ4n) is 2.20. The van der Waals surface area contributed by atoms with Gasteiger partial charge in [0.25, 0.3) is 0 Å². The first-order chi connectivity index (χ1) is 6.77. The van der Waals surface area contributed by atoms with Crippen LogP contribution < -0.4 is 5.73 Å². The molecule has 0 amide bonds. The maximum Gasteiger partial charge on any atom is 0.141 e. The summed E-state index contributed by atoms with van der Waals surface area (Å²) >= 11 is 0. The smallest absolute Gasteiger partial charge is 0.141 e. The van der Waals surface area contributed by atoms with E-state index in [4.69, 9.17) is 5.73 Å². The van der Waals surface area contributed by atoms with E-state index in [1.54, 1.807) is 6.20 Å². The summed E-state index contributed by atoms with van der Waals surface area (Å²) in [5, 5.41) is 0. The highest BCUT2D eigenvalue weighted by molar-refractivity contribution is 5.15. The van der Waals surface area contributed by atoms with Gasteiger partial charge in [-0.15, -0.1) is 0 Å². The molecule has 1 saturated carbocycles. The van der Waals surface area contributed by atoms with Crippen molar-refractivity contribution in [3.63, 3.8) is 0 Å². The monoisotopic (exact) mass is 194 g/mol. The molecule has 76 valence electrons. The number of hydrogen-bond acceptors (Lipinski definition) is 2. The molecule has 0 aromatic carbocycles. The van der Waals surface area contributed by atoms with Gasteiger partial charge in [0.05, 0.1) is 6.20 Å². The summed E-state index contributed by atoms with van der Waals surface area (Å²) in [4.78, 5) is 3.82. The Hall–Kier alpha value is -0.960. The average Bonchev–Trinajstić information content (AvgIpc) is 2.69. The fourth-order valence-corrected chi connectivity index (χ4v) is 2.20. The lowest BCUT2D eigenvalue weighted by molar-refractivity contribution is 0.441. The molecule has 1 fully saturated rings. The summed E-state index contributed by atoms with van der Waals surface area (Å²) in [6, 6.07) is 1.45. The lowest BCUT2D eigenvalue weighted by atomic mass is 9.93. The Kier molecular flexibility index (Phi) is 2.77. The summed E-state index contributed by atoms with van der Waals surface area (Å²) in [7, 11) is 0. The van der Waals surface area contributed by atoms with Gasteiger partial charge >= 0.3 is 0 Å². The first-order valence-corrected chi connectivity index (χ1v) is 5.13. The Morgan fingerprint density at radius 2 is 2.07 bits per heavy atom. The van der Waals surface area contributed by atoms with E-state index in [9.17, 15) is 4.39 Å². The van der Waals surface area contributed by atoms with Crippen molar-refractivity contribution < 1.29 is 4.39 Å². The molecule has 1 aliphatic rings. The summed E-state index contributed by atoms with van der Waals surface area (Å²) < 4.78 is 12.9. The minimum atomic E-state index is -0.295. The van der Waals surface area contributed by atoms with E-state index in [1.807, 2.05) is 0 Å². The van der Waals surface area contributed by atoms with Crippen molar-refractivity contribution in [1.82, 2.24) is 4.98 Å². The maximum atomic E-state index is 12.9. The average molecular weight is 194 g/mol. The Bertz CT molecular complexity index is 308. The van der Waals surface area contributed by atoms with E-state index in [-0.39, 0.29) is 11.9 Å². The predicted molar refractivity (Wildman–Crippen MR) is 53.1 cm³/mol. The Morgan fingerprint density at radius 3 is 2.71 bits per heavy atom. The number of halogens is 1. The molecular weight excluding hydrogens is 179 g/mol. The third kappa shape index (κ3) is 1.93. The molecule has 2 nitrogen and oxygen atoms in total. The van der Waals surface area contributed by atoms with E-state index in [0.29, 0.717) is 5.92 Å². The van der Waals surface area contributed by atoms with Gasteiger partial charge in [-0.2, -0.15) is 0 Å². The summed E-state index contributed by atoms with van der Waals surface area (Å²) in [6.45, 7) is 0. The van der Waals surface area contributed by atoms with E-state index < -0.39 is 0 Å². The van der Waals surface area contributed by atoms with E-state index in [2.05, 4.69) is 4.98 Å². The van der Waals surface area contributed by atoms with Crippen molar-refractivity contribution in [2.45, 2.75) is 31.7 Å². The van der Waals surface area contributed by atoms with Crippen LogP contribution in [0, 0.1) is 11.7 Å². The molecule has 0 radical (unpaired) electrons. The molecule has 14 heavy (non-hydrogen) atoms. The van der Waals surface area contributed by atoms with Gasteiger partial charge in [0, 0.05) is 12.2 Å². The molecule has 1 unspecified atom stereocenters. The van der Waals surface area contributed by atoms with Crippen molar-refractivity contribution in [2.75, 3.05) is 0 Å². The minimum absolute atomic E-state index is 0.0410. The molecule has 1 atom stereocenters. The predicted octanol–water partition coefficient (Wildman–Crippen LogP) is 2.41. The molecular formula is C11H15FN2. The number of hydrogen-bond donors (Lipinski definition) is 1. The normalized spacial score (nSPS) is 19.9. The Labute approximate surface area is 83.3 Å². The number of nitrogens with zero attached hydrogens (tertiary/aromatic N) is 1. The zero-order chi connectivity index (χ0) is 9.97. The highest BCUT2D eigenvalue weighted by Crippen LogP contribution is 2.33. The second-order valence-electron chi connectivity index (χ2n) is 4.01. The highest BCUT2D eigenvalue weighted by Gasteiger charge is 2.23. The quantitative estimate of drug-likeness (QED) is 0.785. The van der Waals surface area contributed by atoms with Crippen LogP contribution in [0.15, 0.2) is 18.5 Å². The van der Waals surface area contributed by atoms with Crippen molar-refractivity contribution in [3.8, 4) is 0 Å². The van der Waals surface area contributed by atoms with E-state index >= 15 is 0 Å². The van der Waals surface area contributed by atoms with Gasteiger partial charge in [-0.05, 0) is 30.4 Å². The van der Waals surface area contributed by atoms with Crippen molar-refractivity contribution in [1.29, 1.82) is 0 Å². The largest absolute Gasteiger partial charge is 0.324 e. The number of pyridine rings is 1. The first kappa shape index (κ1) is 9.59. The van der Waals surface area contributed by atoms with Crippen LogP contribution in [0.25, 0.3) is 0 Å². The van der Waals surface area contributed by atoms with Gasteiger partial charge in [0.1, 0.15) is 5.82 Å². The fraction of sp³-hybridized carbons (Fsp3) is 0.545. The number of aromatic nitrogens is 1. The van der Waals surface area contributed by atoms with Crippen LogP contribution in [0.4, 0.5) is 4.39 Å². The van der Waals surface area contributed by atoms with Gasteiger partial charge in [0.15, 0.2) is 0 Å². The Balaban J connectivity index is 2.13. The lowest BCUT2D eigenvalue weighted by Gasteiger charge is -2.18. The first-order valence-electron chi connectivity index (χ1n) is 5.13. The maximum absolute atomic E-state index is 12.9. The highest BCUT2D eigenvalue weighted by atomic mass is 19.1. The summed E-state index contributed by atoms with van der Waals surface area (Å²) in [5.74, 6) is 0.217. The van der Waals surface area contributed by atoms with Crippen LogP contribution >= 0.6 is 0 Å². The molecule has 2 N–H and O–H groups in total. The summed E-state index contributed by atoms with van der Waals surface area (Å²) in [6.07, 6.45) is 7.72. The Morgan fingerprint density at radius 1 is 1.36 bits per heavy atom. The van der Waals surface area contributed by atoms with Crippen LogP contribution in [0.2, 0.25) is 0 Å². The van der Waals surface area contributed by atoms with Crippen LogP contribution in [0.1, 0.15) is 37.3 Å². The van der Waals surface area contributed by atoms with Gasteiger partial charge < -0.3 is 5.73 Å². The third-order valence-electron chi connectivity index (χ3n) is 3.02. The zero-order valence-corrected chi connectivity index (χ0v) is 8.12. The standard InChI is InChI=1S/C11H15FN2/c12-10-5-9(6-14-7-10)11(13)8-3-1-2-4-8/h5-8,11H,1-4,13H2. The van der Waals surface area contributed by atoms with Crippen molar-refractivity contribution in [3.05, 3.63) is 29.8 Å². The van der Waals surface area contributed by atoms with Crippen LogP contribution in [0.3, 0.4) is 0 Å².